The maximum absolute atomic E-state index is 11.7. The molecule has 0 saturated carbocycles. The van der Waals surface area contributed by atoms with Gasteiger partial charge in [0.05, 0.1) is 6.20 Å². The Morgan fingerprint density at radius 1 is 1.08 bits per heavy atom. The van der Waals surface area contributed by atoms with Crippen molar-refractivity contribution < 1.29 is 18.7 Å². The highest BCUT2D eigenvalue weighted by molar-refractivity contribution is 6.30. The predicted molar refractivity (Wildman–Crippen MR) is 88.7 cm³/mol. The molecule has 0 unspecified atom stereocenters. The summed E-state index contributed by atoms with van der Waals surface area (Å²) >= 11 is 5.85. The van der Waals surface area contributed by atoms with Crippen LogP contribution in [0.4, 0.5) is 0 Å². The number of nitrogens with zero attached hydrogens (tertiary/aromatic N) is 1. The number of rotatable bonds is 6. The summed E-state index contributed by atoms with van der Waals surface area (Å²) in [4.78, 5) is 15.8. The van der Waals surface area contributed by atoms with Gasteiger partial charge in [0.2, 0.25) is 5.89 Å². The predicted octanol–water partition coefficient (Wildman–Crippen LogP) is 4.12. The molecule has 5 nitrogen and oxygen atoms in total. The number of oxazole rings is 1. The largest absolute Gasteiger partial charge is 0.482 e. The summed E-state index contributed by atoms with van der Waals surface area (Å²) in [5.74, 6) is 1.01. The maximum atomic E-state index is 11.7. The monoisotopic (exact) mass is 343 g/mol. The number of esters is 1. The SMILES string of the molecule is O=C(COc1ccccc1)OCc1ncc(-c2ccc(Cl)cc2)o1. The lowest BCUT2D eigenvalue weighted by Gasteiger charge is -2.05. The Morgan fingerprint density at radius 2 is 1.83 bits per heavy atom. The van der Waals surface area contributed by atoms with Gasteiger partial charge in [0.15, 0.2) is 19.0 Å². The van der Waals surface area contributed by atoms with Gasteiger partial charge in [-0.3, -0.25) is 0 Å². The molecule has 3 rings (SSSR count). The van der Waals surface area contributed by atoms with Gasteiger partial charge >= 0.3 is 5.97 Å². The van der Waals surface area contributed by atoms with Gasteiger partial charge in [0.25, 0.3) is 0 Å². The Hall–Kier alpha value is -2.79. The van der Waals surface area contributed by atoms with E-state index in [4.69, 9.17) is 25.5 Å². The second kappa shape index (κ2) is 7.66. The molecule has 0 atom stereocenters. The minimum Gasteiger partial charge on any atom is -0.482 e. The molecule has 0 fully saturated rings. The van der Waals surface area contributed by atoms with Crippen LogP contribution >= 0.6 is 11.6 Å². The molecule has 0 aliphatic carbocycles. The van der Waals surface area contributed by atoms with E-state index in [9.17, 15) is 4.79 Å². The zero-order valence-corrected chi connectivity index (χ0v) is 13.4. The minimum atomic E-state index is -0.495. The van der Waals surface area contributed by atoms with Crippen LogP contribution in [0.15, 0.2) is 65.2 Å². The molecule has 3 aromatic rings. The van der Waals surface area contributed by atoms with Gasteiger partial charge in [-0.25, -0.2) is 9.78 Å². The van der Waals surface area contributed by atoms with Crippen LogP contribution in [0, 0.1) is 0 Å². The van der Waals surface area contributed by atoms with E-state index in [1.165, 1.54) is 0 Å². The lowest BCUT2D eigenvalue weighted by molar-refractivity contribution is -0.148. The highest BCUT2D eigenvalue weighted by atomic mass is 35.5. The van der Waals surface area contributed by atoms with E-state index in [2.05, 4.69) is 4.98 Å². The number of aromatic nitrogens is 1. The normalized spacial score (nSPS) is 10.4. The molecule has 2 aromatic carbocycles. The van der Waals surface area contributed by atoms with Gasteiger partial charge in [0, 0.05) is 10.6 Å². The third kappa shape index (κ3) is 4.36. The van der Waals surface area contributed by atoms with Crippen LogP contribution < -0.4 is 4.74 Å². The summed E-state index contributed by atoms with van der Waals surface area (Å²) in [5.41, 5.74) is 0.844. The molecule has 0 amide bonds. The molecular formula is C18H14ClNO4. The Labute approximate surface area is 143 Å². The van der Waals surface area contributed by atoms with Gasteiger partial charge in [0.1, 0.15) is 5.75 Å². The molecule has 0 saturated heterocycles. The van der Waals surface area contributed by atoms with Crippen LogP contribution in [0.3, 0.4) is 0 Å². The van der Waals surface area contributed by atoms with Crippen molar-refractivity contribution in [1.29, 1.82) is 0 Å². The molecule has 24 heavy (non-hydrogen) atoms. The number of hydrogen-bond acceptors (Lipinski definition) is 5. The van der Waals surface area contributed by atoms with E-state index < -0.39 is 5.97 Å². The maximum Gasteiger partial charge on any atom is 0.344 e. The quantitative estimate of drug-likeness (QED) is 0.630. The fourth-order valence-electron chi connectivity index (χ4n) is 1.97. The molecule has 0 radical (unpaired) electrons. The first kappa shape index (κ1) is 16.1. The summed E-state index contributed by atoms with van der Waals surface area (Å²) in [5, 5.41) is 0.644. The molecule has 1 heterocycles. The van der Waals surface area contributed by atoms with Crippen molar-refractivity contribution in [1.82, 2.24) is 4.98 Å². The zero-order chi connectivity index (χ0) is 16.8. The van der Waals surface area contributed by atoms with Gasteiger partial charge in [-0.15, -0.1) is 0 Å². The molecule has 0 aliphatic heterocycles. The minimum absolute atomic E-state index is 0.0510. The highest BCUT2D eigenvalue weighted by Gasteiger charge is 2.10. The summed E-state index contributed by atoms with van der Waals surface area (Å²) in [6.45, 7) is -0.223. The Balaban J connectivity index is 1.50. The number of carbonyl (C=O) groups excluding carboxylic acids is 1. The molecule has 0 aliphatic rings. The van der Waals surface area contributed by atoms with Crippen molar-refractivity contribution in [2.45, 2.75) is 6.61 Å². The smallest absolute Gasteiger partial charge is 0.344 e. The summed E-state index contributed by atoms with van der Waals surface area (Å²) < 4.78 is 15.9. The average Bonchev–Trinajstić information content (AvgIpc) is 3.09. The second-order valence-corrected chi connectivity index (χ2v) is 5.32. The van der Waals surface area contributed by atoms with Crippen LogP contribution in [0.5, 0.6) is 5.75 Å². The molecule has 0 spiro atoms. The summed E-state index contributed by atoms with van der Waals surface area (Å²) in [6, 6.07) is 16.2. The number of carbonyl (C=O) groups is 1. The molecule has 1 aromatic heterocycles. The van der Waals surface area contributed by atoms with Gasteiger partial charge in [-0.1, -0.05) is 29.8 Å². The van der Waals surface area contributed by atoms with Gasteiger partial charge in [-0.2, -0.15) is 0 Å². The summed E-state index contributed by atoms with van der Waals surface area (Å²) in [7, 11) is 0. The van der Waals surface area contributed by atoms with E-state index in [0.29, 0.717) is 22.4 Å². The standard InChI is InChI=1S/C18H14ClNO4/c19-14-8-6-13(7-9-14)16-10-20-17(24-16)11-23-18(21)12-22-15-4-2-1-3-5-15/h1-10H,11-12H2. The van der Waals surface area contributed by atoms with Crippen LogP contribution in [-0.4, -0.2) is 17.6 Å². The second-order valence-electron chi connectivity index (χ2n) is 4.89. The molecule has 6 heteroatoms. The summed E-state index contributed by atoms with van der Waals surface area (Å²) in [6.07, 6.45) is 1.58. The van der Waals surface area contributed by atoms with Crippen molar-refractivity contribution in [3.63, 3.8) is 0 Å². The zero-order valence-electron chi connectivity index (χ0n) is 12.6. The number of ether oxygens (including phenoxy) is 2. The number of benzene rings is 2. The highest BCUT2D eigenvalue weighted by Crippen LogP contribution is 2.22. The Bertz CT molecular complexity index is 799. The number of para-hydroxylation sites is 1. The van der Waals surface area contributed by atoms with Crippen LogP contribution in [0.25, 0.3) is 11.3 Å². The third-order valence-corrected chi connectivity index (χ3v) is 3.39. The van der Waals surface area contributed by atoms with E-state index in [-0.39, 0.29) is 13.2 Å². The van der Waals surface area contributed by atoms with E-state index in [1.54, 1.807) is 30.5 Å². The van der Waals surface area contributed by atoms with E-state index >= 15 is 0 Å². The first-order valence-electron chi connectivity index (χ1n) is 7.25. The molecule has 0 bridgehead atoms. The fourth-order valence-corrected chi connectivity index (χ4v) is 2.09. The van der Waals surface area contributed by atoms with Gasteiger partial charge < -0.3 is 13.9 Å². The molecule has 122 valence electrons. The van der Waals surface area contributed by atoms with Crippen molar-refractivity contribution in [2.24, 2.45) is 0 Å². The Morgan fingerprint density at radius 3 is 2.58 bits per heavy atom. The van der Waals surface area contributed by atoms with Crippen LogP contribution in [0.2, 0.25) is 5.02 Å². The third-order valence-electron chi connectivity index (χ3n) is 3.14. The molecule has 0 N–H and O–H groups in total. The lowest BCUT2D eigenvalue weighted by atomic mass is 10.2. The fraction of sp³-hybridized carbons (Fsp3) is 0.111. The molecular weight excluding hydrogens is 330 g/mol. The lowest BCUT2D eigenvalue weighted by Crippen LogP contribution is -2.14. The van der Waals surface area contributed by atoms with Crippen LogP contribution in [-0.2, 0) is 16.1 Å². The number of halogens is 1. The van der Waals surface area contributed by atoms with Crippen molar-refractivity contribution in [3.8, 4) is 17.1 Å². The number of hydrogen-bond donors (Lipinski definition) is 0. The van der Waals surface area contributed by atoms with E-state index in [1.807, 2.05) is 30.3 Å². The van der Waals surface area contributed by atoms with Gasteiger partial charge in [-0.05, 0) is 36.4 Å². The Kier molecular flexibility index (Phi) is 5.13. The van der Waals surface area contributed by atoms with Crippen molar-refractivity contribution in [2.75, 3.05) is 6.61 Å². The first-order valence-corrected chi connectivity index (χ1v) is 7.62. The van der Waals surface area contributed by atoms with E-state index in [0.717, 1.165) is 5.56 Å². The average molecular weight is 344 g/mol. The van der Waals surface area contributed by atoms with Crippen LogP contribution in [0.1, 0.15) is 5.89 Å². The first-order chi connectivity index (χ1) is 11.7. The topological polar surface area (TPSA) is 61.6 Å². The van der Waals surface area contributed by atoms with Crippen molar-refractivity contribution >= 4 is 17.6 Å². The van der Waals surface area contributed by atoms with Crippen molar-refractivity contribution in [3.05, 3.63) is 71.7 Å².